The largest absolute Gasteiger partial charge is 2.00 e. The van der Waals surface area contributed by atoms with Gasteiger partial charge in [-0.1, -0.05) is 88.3 Å². The van der Waals surface area contributed by atoms with Crippen molar-refractivity contribution < 1.29 is 25.8 Å². The third-order valence-electron chi connectivity index (χ3n) is 7.65. The fourth-order valence-electron chi connectivity index (χ4n) is 5.81. The molecule has 0 fully saturated rings. The van der Waals surface area contributed by atoms with Gasteiger partial charge in [-0.15, -0.1) is 12.1 Å². The Kier molecular flexibility index (Phi) is 5.56. The fraction of sp³-hybridized carbons (Fsp3) is 0. The molecule has 5 aromatic heterocycles. The number of imidazole rings is 2. The van der Waals surface area contributed by atoms with Crippen molar-refractivity contribution >= 4 is 54.8 Å². The Labute approximate surface area is 253 Å². The van der Waals surface area contributed by atoms with E-state index in [-0.39, 0.29) is 21.1 Å². The van der Waals surface area contributed by atoms with Crippen LogP contribution < -0.4 is 4.74 Å². The van der Waals surface area contributed by atoms with Crippen LogP contribution in [-0.2, 0) is 21.1 Å². The summed E-state index contributed by atoms with van der Waals surface area (Å²) in [5.74, 6) is 1.15. The molecule has 0 amide bonds. The number of rotatable bonds is 3. The van der Waals surface area contributed by atoms with Crippen molar-refractivity contribution in [2.24, 2.45) is 0 Å². The summed E-state index contributed by atoms with van der Waals surface area (Å²) in [5.41, 5.74) is 5.83. The summed E-state index contributed by atoms with van der Waals surface area (Å²) in [7, 11) is 0. The van der Waals surface area contributed by atoms with Gasteiger partial charge in [0.1, 0.15) is 12.0 Å². The Morgan fingerprint density at radius 3 is 2.05 bits per heavy atom. The summed E-state index contributed by atoms with van der Waals surface area (Å²) in [6, 6.07) is 31.9. The van der Waals surface area contributed by atoms with E-state index in [0.29, 0.717) is 11.5 Å². The van der Waals surface area contributed by atoms with E-state index >= 15 is 0 Å². The molecule has 0 unspecified atom stereocenters. The molecule has 0 spiro atoms. The topological polar surface area (TPSA) is 69.6 Å². The number of hydrogen-bond donors (Lipinski definition) is 0. The SMILES string of the molecule is [Pt+2].[c-]1c(Oc2[c-]c3c(cc2)c2cncnc2n2ccnc32)ccc2c1c1nccn1c1ccc(-c3ccccc3)cc21. The molecular formula is C34H18N6OPt. The minimum absolute atomic E-state index is 0. The van der Waals surface area contributed by atoms with E-state index in [1.807, 2.05) is 53.5 Å². The number of benzene rings is 4. The fourth-order valence-corrected chi connectivity index (χ4v) is 5.81. The van der Waals surface area contributed by atoms with Crippen LogP contribution in [0.3, 0.4) is 0 Å². The molecule has 0 aliphatic carbocycles. The zero-order valence-electron chi connectivity index (χ0n) is 21.8. The monoisotopic (exact) mass is 721 g/mol. The maximum atomic E-state index is 6.35. The van der Waals surface area contributed by atoms with Gasteiger partial charge < -0.3 is 13.5 Å². The summed E-state index contributed by atoms with van der Waals surface area (Å²) < 4.78 is 10.4. The predicted octanol–water partition coefficient (Wildman–Crippen LogP) is 7.44. The minimum atomic E-state index is 0. The number of ether oxygens (including phenoxy) is 1. The zero-order chi connectivity index (χ0) is 26.9. The molecule has 0 radical (unpaired) electrons. The first-order chi connectivity index (χ1) is 20.3. The molecule has 0 saturated heterocycles. The Morgan fingerprint density at radius 1 is 0.595 bits per heavy atom. The summed E-state index contributed by atoms with van der Waals surface area (Å²) in [6.07, 6.45) is 10.8. The second-order valence-corrected chi connectivity index (χ2v) is 9.92. The van der Waals surface area contributed by atoms with Gasteiger partial charge in [-0.2, -0.15) is 0 Å². The first-order valence-corrected chi connectivity index (χ1v) is 13.2. The minimum Gasteiger partial charge on any atom is -0.497 e. The van der Waals surface area contributed by atoms with Crippen molar-refractivity contribution in [3.63, 3.8) is 0 Å². The van der Waals surface area contributed by atoms with Crippen LogP contribution in [0.4, 0.5) is 0 Å². The van der Waals surface area contributed by atoms with Crippen LogP contribution in [0.2, 0.25) is 0 Å². The molecule has 0 aliphatic rings. The van der Waals surface area contributed by atoms with Crippen molar-refractivity contribution in [2.45, 2.75) is 0 Å². The second-order valence-electron chi connectivity index (χ2n) is 9.92. The number of nitrogens with zero attached hydrogens (tertiary/aromatic N) is 6. The van der Waals surface area contributed by atoms with Crippen molar-refractivity contribution in [3.05, 3.63) is 122 Å². The number of fused-ring (bicyclic) bond motifs is 12. The molecule has 4 aromatic carbocycles. The normalized spacial score (nSPS) is 11.6. The molecule has 0 N–H and O–H groups in total. The molecule has 0 atom stereocenters. The van der Waals surface area contributed by atoms with Crippen LogP contribution in [0.5, 0.6) is 11.5 Å². The molecule has 0 aliphatic heterocycles. The molecule has 0 bridgehead atoms. The van der Waals surface area contributed by atoms with Crippen LogP contribution in [0.1, 0.15) is 0 Å². The van der Waals surface area contributed by atoms with E-state index in [4.69, 9.17) is 4.74 Å². The van der Waals surface area contributed by atoms with E-state index in [1.54, 1.807) is 12.5 Å². The first kappa shape index (κ1) is 24.6. The van der Waals surface area contributed by atoms with Gasteiger partial charge in [0, 0.05) is 53.4 Å². The van der Waals surface area contributed by atoms with Gasteiger partial charge in [0.2, 0.25) is 0 Å². The Hall–Kier alpha value is -5.13. The van der Waals surface area contributed by atoms with E-state index in [2.05, 4.69) is 85.0 Å². The molecule has 9 rings (SSSR count). The number of aromatic nitrogens is 6. The molecule has 5 heterocycles. The van der Waals surface area contributed by atoms with Crippen molar-refractivity contribution in [1.29, 1.82) is 0 Å². The summed E-state index contributed by atoms with van der Waals surface area (Å²) in [6.45, 7) is 0. The third kappa shape index (κ3) is 3.64. The van der Waals surface area contributed by atoms with Gasteiger partial charge in [-0.25, -0.2) is 9.97 Å². The number of pyridine rings is 2. The van der Waals surface area contributed by atoms with Crippen molar-refractivity contribution in [3.8, 4) is 22.6 Å². The van der Waals surface area contributed by atoms with E-state index in [1.165, 1.54) is 5.56 Å². The van der Waals surface area contributed by atoms with E-state index < -0.39 is 0 Å². The van der Waals surface area contributed by atoms with Crippen LogP contribution in [0, 0.1) is 12.1 Å². The maximum Gasteiger partial charge on any atom is 2.00 e. The van der Waals surface area contributed by atoms with Gasteiger partial charge in [-0.05, 0) is 22.6 Å². The smallest absolute Gasteiger partial charge is 0.497 e. The first-order valence-electron chi connectivity index (χ1n) is 13.2. The molecular weight excluding hydrogens is 703 g/mol. The predicted molar refractivity (Wildman–Crippen MR) is 159 cm³/mol. The quantitative estimate of drug-likeness (QED) is 0.140. The van der Waals surface area contributed by atoms with Gasteiger partial charge >= 0.3 is 21.1 Å². The van der Waals surface area contributed by atoms with Crippen molar-refractivity contribution in [2.75, 3.05) is 0 Å². The average molecular weight is 722 g/mol. The van der Waals surface area contributed by atoms with E-state index in [0.717, 1.165) is 60.3 Å². The van der Waals surface area contributed by atoms with Crippen LogP contribution in [-0.4, -0.2) is 28.7 Å². The number of hydrogen-bond acceptors (Lipinski definition) is 5. The van der Waals surface area contributed by atoms with Crippen LogP contribution >= 0.6 is 0 Å². The van der Waals surface area contributed by atoms with E-state index in [9.17, 15) is 0 Å². The van der Waals surface area contributed by atoms with Gasteiger partial charge in [0.05, 0.1) is 11.3 Å². The standard InChI is InChI=1S/C34H18N6O.Pt/c1-2-4-21(5-3-1)22-6-11-31-27(16-22)25-9-7-23(17-28(25)32-36-12-14-39(31)32)41-24-8-10-26-29(18-24)33-37-13-15-40(33)34-30(26)19-35-20-38-34;/h1-16,19-20H;/q-2;+2. The zero-order valence-corrected chi connectivity index (χ0v) is 24.1. The average Bonchev–Trinajstić information content (AvgIpc) is 3.73. The molecule has 200 valence electrons. The summed E-state index contributed by atoms with van der Waals surface area (Å²) in [5, 5.41) is 5.82. The maximum absolute atomic E-state index is 6.35. The third-order valence-corrected chi connectivity index (χ3v) is 7.65. The summed E-state index contributed by atoms with van der Waals surface area (Å²) >= 11 is 0. The van der Waals surface area contributed by atoms with Gasteiger partial charge in [0.15, 0.2) is 0 Å². The molecule has 8 heteroatoms. The molecule has 9 aromatic rings. The van der Waals surface area contributed by atoms with Crippen molar-refractivity contribution in [1.82, 2.24) is 28.7 Å². The molecule has 0 saturated carbocycles. The Balaban J connectivity index is 0.00000267. The van der Waals surface area contributed by atoms with Crippen LogP contribution in [0.25, 0.3) is 65.9 Å². The summed E-state index contributed by atoms with van der Waals surface area (Å²) in [4.78, 5) is 17.9. The van der Waals surface area contributed by atoms with Gasteiger partial charge in [-0.3, -0.25) is 9.97 Å². The molecule has 42 heavy (non-hydrogen) atoms. The van der Waals surface area contributed by atoms with Gasteiger partial charge in [0.25, 0.3) is 0 Å². The molecule has 7 nitrogen and oxygen atoms in total. The van der Waals surface area contributed by atoms with Crippen LogP contribution in [0.15, 0.2) is 110 Å². The second kappa shape index (κ2) is 9.47. The Morgan fingerprint density at radius 2 is 1.29 bits per heavy atom. The Bertz CT molecular complexity index is 2470.